The van der Waals surface area contributed by atoms with Crippen LogP contribution < -0.4 is 5.32 Å². The Morgan fingerprint density at radius 1 is 1.30 bits per heavy atom. The van der Waals surface area contributed by atoms with Crippen molar-refractivity contribution in [2.45, 2.75) is 45.6 Å². The molecule has 2 aromatic rings. The highest BCUT2D eigenvalue weighted by molar-refractivity contribution is 5.49. The SMILES string of the molecule is CCc1nn(C)cc1NC(C)c1ccc2c(c1)CCC2. The third kappa shape index (κ3) is 2.45. The second-order valence-corrected chi connectivity index (χ2v) is 5.76. The fourth-order valence-corrected chi connectivity index (χ4v) is 3.09. The molecule has 1 aromatic carbocycles. The van der Waals surface area contributed by atoms with Crippen molar-refractivity contribution in [3.8, 4) is 0 Å². The number of aryl methyl sites for hydroxylation is 4. The lowest BCUT2D eigenvalue weighted by molar-refractivity contribution is 0.746. The molecule has 3 heteroatoms. The second kappa shape index (κ2) is 5.31. The molecule has 1 heterocycles. The number of benzene rings is 1. The molecule has 1 atom stereocenters. The van der Waals surface area contributed by atoms with Crippen molar-refractivity contribution in [1.29, 1.82) is 0 Å². The first kappa shape index (κ1) is 13.2. The molecule has 0 fully saturated rings. The zero-order valence-corrected chi connectivity index (χ0v) is 12.6. The highest BCUT2D eigenvalue weighted by atomic mass is 15.3. The van der Waals surface area contributed by atoms with E-state index in [1.807, 2.05) is 11.7 Å². The number of rotatable bonds is 4. The van der Waals surface area contributed by atoms with Gasteiger partial charge < -0.3 is 5.32 Å². The summed E-state index contributed by atoms with van der Waals surface area (Å²) >= 11 is 0. The molecule has 0 aliphatic heterocycles. The molecule has 3 nitrogen and oxygen atoms in total. The third-order valence-corrected chi connectivity index (χ3v) is 4.23. The average molecular weight is 269 g/mol. The van der Waals surface area contributed by atoms with Crippen LogP contribution in [0.25, 0.3) is 0 Å². The Kier molecular flexibility index (Phi) is 3.51. The summed E-state index contributed by atoms with van der Waals surface area (Å²) in [5.41, 5.74) is 6.75. The van der Waals surface area contributed by atoms with E-state index in [4.69, 9.17) is 0 Å². The first-order valence-corrected chi connectivity index (χ1v) is 7.58. The van der Waals surface area contributed by atoms with E-state index in [1.54, 1.807) is 0 Å². The number of nitrogens with zero attached hydrogens (tertiary/aromatic N) is 2. The molecule has 1 unspecified atom stereocenters. The second-order valence-electron chi connectivity index (χ2n) is 5.76. The Morgan fingerprint density at radius 3 is 2.90 bits per heavy atom. The van der Waals surface area contributed by atoms with Crippen LogP contribution in [0.4, 0.5) is 5.69 Å². The van der Waals surface area contributed by atoms with E-state index < -0.39 is 0 Å². The molecule has 1 aliphatic rings. The molecule has 0 amide bonds. The molecule has 0 saturated heterocycles. The van der Waals surface area contributed by atoms with Gasteiger partial charge in [-0.05, 0) is 49.3 Å². The van der Waals surface area contributed by atoms with Crippen LogP contribution in [0, 0.1) is 0 Å². The third-order valence-electron chi connectivity index (χ3n) is 4.23. The number of nitrogens with one attached hydrogen (secondary N) is 1. The Bertz CT molecular complexity index is 613. The standard InChI is InChI=1S/C17H23N3/c1-4-16-17(11-20(3)19-16)18-12(2)14-9-8-13-6-5-7-15(13)10-14/h8-12,18H,4-7H2,1-3H3. The lowest BCUT2D eigenvalue weighted by atomic mass is 10.0. The fourth-order valence-electron chi connectivity index (χ4n) is 3.09. The van der Waals surface area contributed by atoms with Crippen LogP contribution in [0.1, 0.15) is 48.7 Å². The van der Waals surface area contributed by atoms with E-state index in [0.29, 0.717) is 6.04 Å². The Morgan fingerprint density at radius 2 is 2.10 bits per heavy atom. The summed E-state index contributed by atoms with van der Waals surface area (Å²) in [4.78, 5) is 0. The molecule has 0 radical (unpaired) electrons. The van der Waals surface area contributed by atoms with Gasteiger partial charge in [-0.3, -0.25) is 4.68 Å². The summed E-state index contributed by atoms with van der Waals surface area (Å²) in [6, 6.07) is 7.27. The van der Waals surface area contributed by atoms with Gasteiger partial charge >= 0.3 is 0 Å². The maximum Gasteiger partial charge on any atom is 0.0853 e. The molecule has 0 spiro atoms. The van der Waals surface area contributed by atoms with Gasteiger partial charge in [-0.1, -0.05) is 25.1 Å². The molecular weight excluding hydrogens is 246 g/mol. The first-order chi connectivity index (χ1) is 9.67. The molecule has 1 aromatic heterocycles. The minimum absolute atomic E-state index is 0.315. The van der Waals surface area contributed by atoms with E-state index in [-0.39, 0.29) is 0 Å². The van der Waals surface area contributed by atoms with Crippen LogP contribution in [0.3, 0.4) is 0 Å². The van der Waals surface area contributed by atoms with Gasteiger partial charge in [-0.25, -0.2) is 0 Å². The van der Waals surface area contributed by atoms with Crippen LogP contribution in [0.15, 0.2) is 24.4 Å². The molecule has 20 heavy (non-hydrogen) atoms. The molecule has 1 N–H and O–H groups in total. The van der Waals surface area contributed by atoms with E-state index >= 15 is 0 Å². The van der Waals surface area contributed by atoms with Crippen LogP contribution in [0.2, 0.25) is 0 Å². The number of fused-ring (bicyclic) bond motifs is 1. The average Bonchev–Trinajstić information content (AvgIpc) is 3.03. The van der Waals surface area contributed by atoms with Gasteiger partial charge in [0.1, 0.15) is 0 Å². The highest BCUT2D eigenvalue weighted by Crippen LogP contribution is 2.27. The van der Waals surface area contributed by atoms with E-state index in [1.165, 1.54) is 36.0 Å². The van der Waals surface area contributed by atoms with Crippen molar-refractivity contribution in [2.24, 2.45) is 7.05 Å². The van der Waals surface area contributed by atoms with Crippen molar-refractivity contribution < 1.29 is 0 Å². The molecule has 1 aliphatic carbocycles. The van der Waals surface area contributed by atoms with Crippen LogP contribution >= 0.6 is 0 Å². The number of hydrogen-bond acceptors (Lipinski definition) is 2. The smallest absolute Gasteiger partial charge is 0.0853 e. The van der Waals surface area contributed by atoms with Gasteiger partial charge in [0, 0.05) is 19.3 Å². The zero-order valence-electron chi connectivity index (χ0n) is 12.6. The maximum atomic E-state index is 4.49. The normalized spacial score (nSPS) is 15.2. The lowest BCUT2D eigenvalue weighted by Gasteiger charge is -2.16. The monoisotopic (exact) mass is 269 g/mol. The van der Waals surface area contributed by atoms with Crippen molar-refractivity contribution >= 4 is 5.69 Å². The highest BCUT2D eigenvalue weighted by Gasteiger charge is 2.15. The van der Waals surface area contributed by atoms with E-state index in [2.05, 4.69) is 48.7 Å². The Balaban J connectivity index is 1.80. The number of hydrogen-bond donors (Lipinski definition) is 1. The topological polar surface area (TPSA) is 29.9 Å². The Labute approximate surface area is 121 Å². The summed E-state index contributed by atoms with van der Waals surface area (Å²) in [6.45, 7) is 4.37. The maximum absolute atomic E-state index is 4.49. The summed E-state index contributed by atoms with van der Waals surface area (Å²) in [5, 5.41) is 8.09. The first-order valence-electron chi connectivity index (χ1n) is 7.58. The minimum atomic E-state index is 0.315. The van der Waals surface area contributed by atoms with Crippen molar-refractivity contribution in [1.82, 2.24) is 9.78 Å². The van der Waals surface area contributed by atoms with Crippen LogP contribution in [-0.4, -0.2) is 9.78 Å². The number of aromatic nitrogens is 2. The van der Waals surface area contributed by atoms with Gasteiger partial charge in [-0.15, -0.1) is 0 Å². The Hall–Kier alpha value is -1.77. The zero-order chi connectivity index (χ0) is 14.1. The van der Waals surface area contributed by atoms with Crippen molar-refractivity contribution in [3.05, 3.63) is 46.8 Å². The van der Waals surface area contributed by atoms with Gasteiger partial charge in [0.05, 0.1) is 11.4 Å². The molecule has 0 saturated carbocycles. The summed E-state index contributed by atoms with van der Waals surface area (Å²) in [6.07, 6.45) is 6.83. The van der Waals surface area contributed by atoms with Crippen molar-refractivity contribution in [3.63, 3.8) is 0 Å². The number of anilines is 1. The van der Waals surface area contributed by atoms with Gasteiger partial charge in [0.15, 0.2) is 0 Å². The minimum Gasteiger partial charge on any atom is -0.376 e. The van der Waals surface area contributed by atoms with E-state index in [0.717, 1.165) is 17.8 Å². The summed E-state index contributed by atoms with van der Waals surface area (Å²) in [5.74, 6) is 0. The lowest BCUT2D eigenvalue weighted by Crippen LogP contribution is -2.08. The molecular formula is C17H23N3. The fraction of sp³-hybridized carbons (Fsp3) is 0.471. The largest absolute Gasteiger partial charge is 0.376 e. The molecule has 0 bridgehead atoms. The molecule has 3 rings (SSSR count). The van der Waals surface area contributed by atoms with Gasteiger partial charge in [-0.2, -0.15) is 5.10 Å². The predicted octanol–water partition coefficient (Wildman–Crippen LogP) is 3.64. The van der Waals surface area contributed by atoms with Crippen LogP contribution in [0.5, 0.6) is 0 Å². The predicted molar refractivity (Wildman–Crippen MR) is 83.1 cm³/mol. The molecule has 106 valence electrons. The van der Waals surface area contributed by atoms with Gasteiger partial charge in [0.2, 0.25) is 0 Å². The quantitative estimate of drug-likeness (QED) is 0.918. The van der Waals surface area contributed by atoms with Gasteiger partial charge in [0.25, 0.3) is 0 Å². The van der Waals surface area contributed by atoms with Crippen LogP contribution in [-0.2, 0) is 26.3 Å². The summed E-state index contributed by atoms with van der Waals surface area (Å²) in [7, 11) is 1.98. The summed E-state index contributed by atoms with van der Waals surface area (Å²) < 4.78 is 1.89. The van der Waals surface area contributed by atoms with E-state index in [9.17, 15) is 0 Å². The van der Waals surface area contributed by atoms with Crippen molar-refractivity contribution in [2.75, 3.05) is 5.32 Å².